The number of hydrogen-bond donors (Lipinski definition) is 3. The molecule has 0 atom stereocenters. The van der Waals surface area contributed by atoms with Crippen LogP contribution >= 0.6 is 0 Å². The highest BCUT2D eigenvalue weighted by atomic mass is 19.1. The van der Waals surface area contributed by atoms with E-state index in [9.17, 15) is 9.18 Å². The minimum Gasteiger partial charge on any atom is -0.494 e. The number of benzene rings is 2. The van der Waals surface area contributed by atoms with Gasteiger partial charge in [0.2, 0.25) is 11.9 Å². The third kappa shape index (κ3) is 5.21. The van der Waals surface area contributed by atoms with Crippen LogP contribution in [0.2, 0.25) is 0 Å². The first kappa shape index (κ1) is 22.9. The number of para-hydroxylation sites is 1. The molecule has 0 spiro atoms. The maximum Gasteiger partial charge on any atom is 0.248 e. The van der Waals surface area contributed by atoms with E-state index in [4.69, 9.17) is 4.74 Å². The summed E-state index contributed by atoms with van der Waals surface area (Å²) in [5, 5.41) is 6.67. The van der Waals surface area contributed by atoms with Gasteiger partial charge in [-0.05, 0) is 32.3 Å². The molecule has 174 valence electrons. The van der Waals surface area contributed by atoms with Crippen molar-refractivity contribution in [1.82, 2.24) is 19.9 Å². The summed E-state index contributed by atoms with van der Waals surface area (Å²) < 4.78 is 19.9. The lowest BCUT2D eigenvalue weighted by atomic mass is 10.1. The lowest BCUT2D eigenvalue weighted by Gasteiger charge is -2.14. The summed E-state index contributed by atoms with van der Waals surface area (Å²) in [5.74, 6) is -0.504. The number of H-pyrrole nitrogens is 1. The predicted molar refractivity (Wildman–Crippen MR) is 132 cm³/mol. The highest BCUT2D eigenvalue weighted by Gasteiger charge is 2.14. The highest BCUT2D eigenvalue weighted by Crippen LogP contribution is 2.33. The number of carbonyl (C=O) groups is 1. The van der Waals surface area contributed by atoms with E-state index in [2.05, 4.69) is 25.6 Å². The van der Waals surface area contributed by atoms with Gasteiger partial charge in [0, 0.05) is 47.5 Å². The molecule has 2 aromatic heterocycles. The summed E-state index contributed by atoms with van der Waals surface area (Å²) in [5.41, 5.74) is 3.08. The molecule has 2 aromatic carbocycles. The maximum atomic E-state index is 14.6. The third-order valence-corrected chi connectivity index (χ3v) is 5.05. The number of anilines is 3. The van der Waals surface area contributed by atoms with E-state index in [1.165, 1.54) is 25.3 Å². The number of rotatable bonds is 8. The SMILES string of the molecule is COc1cc(F)c(NC(=O)/C=C/CN(C)C)cc1Nc1nccc(-c2c[nH]c3ccccc23)n1. The Balaban J connectivity index is 1.60. The molecule has 2 heterocycles. The van der Waals surface area contributed by atoms with Crippen molar-refractivity contribution in [3.05, 3.63) is 72.8 Å². The molecule has 0 bridgehead atoms. The third-order valence-electron chi connectivity index (χ3n) is 5.05. The molecule has 0 radical (unpaired) electrons. The number of hydrogen-bond acceptors (Lipinski definition) is 6. The number of nitrogens with one attached hydrogen (secondary N) is 3. The molecule has 4 rings (SSSR count). The van der Waals surface area contributed by atoms with Gasteiger partial charge in [-0.2, -0.15) is 0 Å². The van der Waals surface area contributed by atoms with Gasteiger partial charge in [0.25, 0.3) is 0 Å². The topological polar surface area (TPSA) is 95.2 Å². The van der Waals surface area contributed by atoms with Crippen molar-refractivity contribution < 1.29 is 13.9 Å². The molecule has 8 nitrogen and oxygen atoms in total. The zero-order valence-electron chi connectivity index (χ0n) is 19.1. The van der Waals surface area contributed by atoms with Gasteiger partial charge in [0.1, 0.15) is 5.75 Å². The first-order valence-corrected chi connectivity index (χ1v) is 10.6. The number of amides is 1. The lowest BCUT2D eigenvalue weighted by molar-refractivity contribution is -0.111. The fraction of sp³-hybridized carbons (Fsp3) is 0.160. The van der Waals surface area contributed by atoms with Crippen LogP contribution in [0.15, 0.2) is 67.0 Å². The maximum absolute atomic E-state index is 14.6. The van der Waals surface area contributed by atoms with Crippen LogP contribution in [0, 0.1) is 5.82 Å². The summed E-state index contributed by atoms with van der Waals surface area (Å²) in [7, 11) is 5.21. The van der Waals surface area contributed by atoms with Crippen molar-refractivity contribution in [3.8, 4) is 17.0 Å². The Kier molecular flexibility index (Phi) is 6.84. The Morgan fingerprint density at radius 1 is 1.21 bits per heavy atom. The summed E-state index contributed by atoms with van der Waals surface area (Å²) in [4.78, 5) is 26.2. The smallest absolute Gasteiger partial charge is 0.248 e. The van der Waals surface area contributed by atoms with Crippen LogP contribution in [0.4, 0.5) is 21.7 Å². The average molecular weight is 461 g/mol. The monoisotopic (exact) mass is 460 g/mol. The number of methoxy groups -OCH3 is 1. The number of fused-ring (bicyclic) bond motifs is 1. The molecule has 0 aliphatic heterocycles. The summed E-state index contributed by atoms with van der Waals surface area (Å²) >= 11 is 0. The van der Waals surface area contributed by atoms with E-state index in [0.717, 1.165) is 22.2 Å². The van der Waals surface area contributed by atoms with Gasteiger partial charge in [-0.25, -0.2) is 14.4 Å². The number of aromatic amines is 1. The van der Waals surface area contributed by atoms with Gasteiger partial charge in [0.05, 0.1) is 24.2 Å². The van der Waals surface area contributed by atoms with E-state index >= 15 is 0 Å². The molecular weight excluding hydrogens is 435 g/mol. The fourth-order valence-electron chi connectivity index (χ4n) is 3.44. The number of likely N-dealkylation sites (N-methyl/N-ethyl adjacent to an activating group) is 1. The van der Waals surface area contributed by atoms with E-state index in [1.54, 1.807) is 12.3 Å². The molecule has 4 aromatic rings. The van der Waals surface area contributed by atoms with Crippen molar-refractivity contribution in [2.24, 2.45) is 0 Å². The van der Waals surface area contributed by atoms with Gasteiger partial charge in [0.15, 0.2) is 5.82 Å². The lowest BCUT2D eigenvalue weighted by Crippen LogP contribution is -2.13. The molecule has 0 saturated carbocycles. The quantitative estimate of drug-likeness (QED) is 0.334. The highest BCUT2D eigenvalue weighted by molar-refractivity contribution is 6.00. The van der Waals surface area contributed by atoms with Crippen LogP contribution in [-0.2, 0) is 4.79 Å². The molecule has 0 aliphatic carbocycles. The van der Waals surface area contributed by atoms with Crippen LogP contribution < -0.4 is 15.4 Å². The van der Waals surface area contributed by atoms with Crippen molar-refractivity contribution in [3.63, 3.8) is 0 Å². The number of nitrogens with zero attached hydrogens (tertiary/aromatic N) is 3. The molecule has 0 unspecified atom stereocenters. The van der Waals surface area contributed by atoms with Gasteiger partial charge in [-0.1, -0.05) is 24.3 Å². The van der Waals surface area contributed by atoms with Crippen LogP contribution in [-0.4, -0.2) is 53.5 Å². The van der Waals surface area contributed by atoms with Crippen LogP contribution in [0.3, 0.4) is 0 Å². The second-order valence-corrected chi connectivity index (χ2v) is 7.82. The Hall–Kier alpha value is -4.24. The summed E-state index contributed by atoms with van der Waals surface area (Å²) in [6.45, 7) is 0.593. The van der Waals surface area contributed by atoms with E-state index in [1.807, 2.05) is 55.5 Å². The average Bonchev–Trinajstić information content (AvgIpc) is 3.25. The number of ether oxygens (including phenoxy) is 1. The standard InChI is InChI=1S/C25H25FN6O2/c1-32(2)12-6-9-24(33)29-21-14-22(23(34-3)13-18(21)26)31-25-27-11-10-20(30-25)17-15-28-19-8-5-4-7-16(17)19/h4-11,13-15,28H,12H2,1-3H3,(H,29,33)(H,27,30,31)/b9-6+. The van der Waals surface area contributed by atoms with Crippen LogP contribution in [0.1, 0.15) is 0 Å². The molecule has 0 saturated heterocycles. The number of halogens is 1. The van der Waals surface area contributed by atoms with Crippen molar-refractivity contribution in [2.45, 2.75) is 0 Å². The molecule has 3 N–H and O–H groups in total. The molecule has 0 aliphatic rings. The van der Waals surface area contributed by atoms with E-state index in [-0.39, 0.29) is 11.4 Å². The molecular formula is C25H25FN6O2. The zero-order valence-corrected chi connectivity index (χ0v) is 19.1. The number of aromatic nitrogens is 3. The summed E-state index contributed by atoms with van der Waals surface area (Å²) in [6, 6.07) is 12.4. The molecule has 1 amide bonds. The Labute approximate surface area is 196 Å². The van der Waals surface area contributed by atoms with Gasteiger partial charge < -0.3 is 25.3 Å². The second-order valence-electron chi connectivity index (χ2n) is 7.82. The second kappa shape index (κ2) is 10.1. The van der Waals surface area contributed by atoms with Gasteiger partial charge in [-0.3, -0.25) is 4.79 Å². The molecule has 0 fully saturated rings. The van der Waals surface area contributed by atoms with Crippen molar-refractivity contribution in [2.75, 3.05) is 38.4 Å². The first-order valence-electron chi connectivity index (χ1n) is 10.6. The van der Waals surface area contributed by atoms with Crippen molar-refractivity contribution in [1.29, 1.82) is 0 Å². The normalized spacial score (nSPS) is 11.3. The van der Waals surface area contributed by atoms with Gasteiger partial charge in [-0.15, -0.1) is 0 Å². The minimum atomic E-state index is -0.620. The van der Waals surface area contributed by atoms with E-state index < -0.39 is 11.7 Å². The van der Waals surface area contributed by atoms with Gasteiger partial charge >= 0.3 is 0 Å². The Morgan fingerprint density at radius 2 is 2.03 bits per heavy atom. The van der Waals surface area contributed by atoms with Crippen LogP contribution in [0.5, 0.6) is 5.75 Å². The summed E-state index contributed by atoms with van der Waals surface area (Å²) in [6.07, 6.45) is 6.60. The molecule has 34 heavy (non-hydrogen) atoms. The zero-order chi connectivity index (χ0) is 24.1. The van der Waals surface area contributed by atoms with Crippen LogP contribution in [0.25, 0.3) is 22.2 Å². The Bertz CT molecular complexity index is 1350. The Morgan fingerprint density at radius 3 is 2.82 bits per heavy atom. The number of carbonyl (C=O) groups excluding carboxylic acids is 1. The van der Waals surface area contributed by atoms with Crippen molar-refractivity contribution >= 4 is 34.1 Å². The predicted octanol–water partition coefficient (Wildman–Crippen LogP) is 4.57. The largest absolute Gasteiger partial charge is 0.494 e. The first-order chi connectivity index (χ1) is 16.4. The van der Waals surface area contributed by atoms with E-state index in [0.29, 0.717) is 18.2 Å². The molecule has 9 heteroatoms. The fourth-order valence-corrected chi connectivity index (χ4v) is 3.44. The minimum absolute atomic E-state index is 0.00980.